The number of rotatable bonds is 4. The van der Waals surface area contributed by atoms with E-state index in [9.17, 15) is 14.9 Å². The SMILES string of the molecule is O=C1CCc2cc([N+](=O)[O-])c(NCC3CC3)cc2N1. The Morgan fingerprint density at radius 2 is 2.16 bits per heavy atom. The van der Waals surface area contributed by atoms with Crippen molar-refractivity contribution in [3.05, 3.63) is 27.8 Å². The summed E-state index contributed by atoms with van der Waals surface area (Å²) in [6.07, 6.45) is 3.31. The predicted molar refractivity (Wildman–Crippen MR) is 71.3 cm³/mol. The second-order valence-electron chi connectivity index (χ2n) is 5.16. The number of carbonyl (C=O) groups excluding carboxylic acids is 1. The fraction of sp³-hybridized carbons (Fsp3) is 0.462. The number of anilines is 2. The van der Waals surface area contributed by atoms with Crippen molar-refractivity contribution in [2.75, 3.05) is 17.2 Å². The van der Waals surface area contributed by atoms with Crippen LogP contribution in [0.1, 0.15) is 24.8 Å². The molecule has 3 rings (SSSR count). The van der Waals surface area contributed by atoms with Crippen LogP contribution in [0.5, 0.6) is 0 Å². The third kappa shape index (κ3) is 2.52. The molecule has 6 nitrogen and oxygen atoms in total. The molecule has 2 N–H and O–H groups in total. The van der Waals surface area contributed by atoms with Gasteiger partial charge in [-0.05, 0) is 36.8 Å². The number of benzene rings is 1. The first-order valence-corrected chi connectivity index (χ1v) is 6.48. The van der Waals surface area contributed by atoms with Crippen molar-refractivity contribution in [3.63, 3.8) is 0 Å². The average molecular weight is 261 g/mol. The van der Waals surface area contributed by atoms with Crippen molar-refractivity contribution in [2.45, 2.75) is 25.7 Å². The highest BCUT2D eigenvalue weighted by Crippen LogP contribution is 2.35. The molecule has 2 aliphatic rings. The highest BCUT2D eigenvalue weighted by Gasteiger charge is 2.25. The molecule has 1 aromatic rings. The Morgan fingerprint density at radius 1 is 1.37 bits per heavy atom. The van der Waals surface area contributed by atoms with E-state index in [1.54, 1.807) is 12.1 Å². The predicted octanol–water partition coefficient (Wildman–Crippen LogP) is 2.30. The Morgan fingerprint density at radius 3 is 2.84 bits per heavy atom. The molecule has 1 aliphatic carbocycles. The lowest BCUT2D eigenvalue weighted by atomic mass is 10.0. The molecule has 1 saturated carbocycles. The Bertz CT molecular complexity index is 552. The van der Waals surface area contributed by atoms with E-state index < -0.39 is 0 Å². The summed E-state index contributed by atoms with van der Waals surface area (Å²) in [5.74, 6) is 0.597. The molecule has 1 aromatic carbocycles. The normalized spacial score (nSPS) is 17.6. The van der Waals surface area contributed by atoms with E-state index in [1.165, 1.54) is 12.8 Å². The van der Waals surface area contributed by atoms with E-state index in [4.69, 9.17) is 0 Å². The number of hydrogen-bond acceptors (Lipinski definition) is 4. The third-order valence-electron chi connectivity index (χ3n) is 3.59. The second-order valence-corrected chi connectivity index (χ2v) is 5.16. The Hall–Kier alpha value is -2.11. The molecule has 0 aromatic heterocycles. The summed E-state index contributed by atoms with van der Waals surface area (Å²) < 4.78 is 0. The van der Waals surface area contributed by atoms with E-state index >= 15 is 0 Å². The van der Waals surface area contributed by atoms with Gasteiger partial charge in [-0.3, -0.25) is 14.9 Å². The Kier molecular flexibility index (Phi) is 2.85. The lowest BCUT2D eigenvalue weighted by molar-refractivity contribution is -0.384. The summed E-state index contributed by atoms with van der Waals surface area (Å²) in [6, 6.07) is 3.26. The van der Waals surface area contributed by atoms with Crippen LogP contribution in [0.4, 0.5) is 17.1 Å². The summed E-state index contributed by atoms with van der Waals surface area (Å²) >= 11 is 0. The van der Waals surface area contributed by atoms with Crippen molar-refractivity contribution in [3.8, 4) is 0 Å². The molecule has 1 amide bonds. The van der Waals surface area contributed by atoms with Crippen molar-refractivity contribution in [1.82, 2.24) is 0 Å². The number of nitro benzene ring substituents is 1. The van der Waals surface area contributed by atoms with Crippen molar-refractivity contribution < 1.29 is 9.72 Å². The van der Waals surface area contributed by atoms with E-state index in [2.05, 4.69) is 10.6 Å². The van der Waals surface area contributed by atoms with Gasteiger partial charge in [-0.2, -0.15) is 0 Å². The van der Waals surface area contributed by atoms with Gasteiger partial charge in [-0.15, -0.1) is 0 Å². The van der Waals surface area contributed by atoms with Crippen molar-refractivity contribution in [1.29, 1.82) is 0 Å². The second kappa shape index (κ2) is 4.53. The minimum Gasteiger partial charge on any atom is -0.379 e. The van der Waals surface area contributed by atoms with Gasteiger partial charge < -0.3 is 10.6 Å². The maximum Gasteiger partial charge on any atom is 0.292 e. The van der Waals surface area contributed by atoms with Crippen molar-refractivity contribution >= 4 is 23.0 Å². The van der Waals surface area contributed by atoms with Gasteiger partial charge in [0.2, 0.25) is 5.91 Å². The molecule has 0 radical (unpaired) electrons. The molecular formula is C13H15N3O3. The van der Waals surface area contributed by atoms with E-state index in [-0.39, 0.29) is 16.5 Å². The van der Waals surface area contributed by atoms with Crippen LogP contribution in [0, 0.1) is 16.0 Å². The number of amides is 1. The fourth-order valence-corrected chi connectivity index (χ4v) is 2.28. The van der Waals surface area contributed by atoms with Gasteiger partial charge in [0.15, 0.2) is 0 Å². The minimum atomic E-state index is -0.369. The first-order chi connectivity index (χ1) is 9.13. The van der Waals surface area contributed by atoms with Gasteiger partial charge in [-0.1, -0.05) is 0 Å². The van der Waals surface area contributed by atoms with Crippen LogP contribution in [-0.4, -0.2) is 17.4 Å². The van der Waals surface area contributed by atoms with Crippen LogP contribution in [0.15, 0.2) is 12.1 Å². The zero-order valence-electron chi connectivity index (χ0n) is 10.4. The topological polar surface area (TPSA) is 84.3 Å². The minimum absolute atomic E-state index is 0.0329. The summed E-state index contributed by atoms with van der Waals surface area (Å²) in [6.45, 7) is 0.758. The number of carbonyl (C=O) groups is 1. The number of fused-ring (bicyclic) bond motifs is 1. The van der Waals surface area contributed by atoms with Gasteiger partial charge >= 0.3 is 0 Å². The van der Waals surface area contributed by atoms with Gasteiger partial charge in [0.25, 0.3) is 5.69 Å². The summed E-state index contributed by atoms with van der Waals surface area (Å²) in [7, 11) is 0. The van der Waals surface area contributed by atoms with Gasteiger partial charge in [0.1, 0.15) is 5.69 Å². The smallest absolute Gasteiger partial charge is 0.292 e. The molecule has 0 spiro atoms. The lowest BCUT2D eigenvalue weighted by Crippen LogP contribution is -2.19. The van der Waals surface area contributed by atoms with Crippen LogP contribution in [0.2, 0.25) is 0 Å². The molecule has 1 heterocycles. The average Bonchev–Trinajstić information content (AvgIpc) is 3.18. The molecule has 19 heavy (non-hydrogen) atoms. The van der Waals surface area contributed by atoms with Gasteiger partial charge in [0, 0.05) is 24.7 Å². The summed E-state index contributed by atoms with van der Waals surface area (Å²) in [5, 5.41) is 17.0. The maximum absolute atomic E-state index is 11.4. The van der Waals surface area contributed by atoms with Gasteiger partial charge in [-0.25, -0.2) is 0 Å². The number of aryl methyl sites for hydroxylation is 1. The van der Waals surface area contributed by atoms with E-state index in [0.717, 1.165) is 12.1 Å². The number of nitrogens with one attached hydrogen (secondary N) is 2. The molecule has 0 saturated heterocycles. The standard InChI is InChI=1S/C13H15N3O3/c17-13-4-3-9-5-12(16(18)19)11(6-10(9)15-13)14-7-8-1-2-8/h5-6,8,14H,1-4,7H2,(H,15,17). The molecule has 0 bridgehead atoms. The Labute approximate surface area is 110 Å². The zero-order valence-corrected chi connectivity index (χ0v) is 10.4. The highest BCUT2D eigenvalue weighted by atomic mass is 16.6. The first kappa shape index (κ1) is 12.0. The number of nitro groups is 1. The molecule has 0 atom stereocenters. The van der Waals surface area contributed by atoms with Crippen LogP contribution in [0.3, 0.4) is 0 Å². The molecule has 1 fully saturated rings. The summed E-state index contributed by atoms with van der Waals surface area (Å²) in [5.41, 5.74) is 2.12. The van der Waals surface area contributed by atoms with E-state index in [0.29, 0.717) is 30.1 Å². The highest BCUT2D eigenvalue weighted by molar-refractivity contribution is 5.95. The van der Waals surface area contributed by atoms with Crippen LogP contribution < -0.4 is 10.6 Å². The zero-order chi connectivity index (χ0) is 13.4. The molecule has 0 unspecified atom stereocenters. The molecule has 1 aliphatic heterocycles. The molecule has 100 valence electrons. The maximum atomic E-state index is 11.4. The van der Waals surface area contributed by atoms with Crippen LogP contribution >= 0.6 is 0 Å². The Balaban J connectivity index is 1.92. The van der Waals surface area contributed by atoms with Crippen LogP contribution in [-0.2, 0) is 11.2 Å². The third-order valence-corrected chi connectivity index (χ3v) is 3.59. The summed E-state index contributed by atoms with van der Waals surface area (Å²) in [4.78, 5) is 22.1. The first-order valence-electron chi connectivity index (χ1n) is 6.48. The fourth-order valence-electron chi connectivity index (χ4n) is 2.28. The molecular weight excluding hydrogens is 246 g/mol. The van der Waals surface area contributed by atoms with Crippen LogP contribution in [0.25, 0.3) is 0 Å². The molecule has 6 heteroatoms. The monoisotopic (exact) mass is 261 g/mol. The quantitative estimate of drug-likeness (QED) is 0.643. The number of hydrogen-bond donors (Lipinski definition) is 2. The van der Waals surface area contributed by atoms with Gasteiger partial charge in [0.05, 0.1) is 4.92 Å². The lowest BCUT2D eigenvalue weighted by Gasteiger charge is -2.18. The van der Waals surface area contributed by atoms with E-state index in [1.807, 2.05) is 0 Å². The largest absolute Gasteiger partial charge is 0.379 e. The van der Waals surface area contributed by atoms with Crippen molar-refractivity contribution in [2.24, 2.45) is 5.92 Å². The number of nitrogens with zero attached hydrogens (tertiary/aromatic N) is 1.